The van der Waals surface area contributed by atoms with Crippen LogP contribution in [0.2, 0.25) is 0 Å². The van der Waals surface area contributed by atoms with E-state index in [9.17, 15) is 4.79 Å². The Hall–Kier alpha value is -1.30. The number of nitrogens with zero attached hydrogens (tertiary/aromatic N) is 2. The Morgan fingerprint density at radius 3 is 2.74 bits per heavy atom. The van der Waals surface area contributed by atoms with Crippen LogP contribution in [-0.2, 0) is 17.8 Å². The highest BCUT2D eigenvalue weighted by molar-refractivity contribution is 6.01. The highest BCUT2D eigenvalue weighted by Gasteiger charge is 2.45. The molecule has 2 aliphatic rings. The van der Waals surface area contributed by atoms with Crippen molar-refractivity contribution in [3.8, 4) is 0 Å². The Bertz CT molecular complexity index is 724. The lowest BCUT2D eigenvalue weighted by Crippen LogP contribution is -2.37. The van der Waals surface area contributed by atoms with Crippen molar-refractivity contribution in [3.63, 3.8) is 0 Å². The third kappa shape index (κ3) is 3.32. The van der Waals surface area contributed by atoms with Gasteiger partial charge in [-0.1, -0.05) is 6.42 Å². The van der Waals surface area contributed by atoms with Crippen LogP contribution in [0.3, 0.4) is 0 Å². The van der Waals surface area contributed by atoms with E-state index in [4.69, 9.17) is 10.7 Å². The zero-order chi connectivity index (χ0) is 14.4. The molecule has 126 valence electrons. The third-order valence-electron chi connectivity index (χ3n) is 4.61. The summed E-state index contributed by atoms with van der Waals surface area (Å²) in [5.74, 6) is 1.09. The Morgan fingerprint density at radius 1 is 1.22 bits per heavy atom. The highest BCUT2D eigenvalue weighted by Crippen LogP contribution is 2.33. The smallest absolute Gasteiger partial charge is 0.244 e. The number of carbonyl (C=O) groups excluding carboxylic acids is 1. The molecule has 5 nitrogen and oxygen atoms in total. The van der Waals surface area contributed by atoms with Crippen LogP contribution < -0.4 is 11.1 Å². The lowest BCUT2D eigenvalue weighted by molar-refractivity contribution is -0.118. The molecule has 0 atom stereocenters. The molecular formula is C16H22Cl2N4O. The number of amides is 1. The van der Waals surface area contributed by atoms with Gasteiger partial charge in [-0.3, -0.25) is 4.79 Å². The van der Waals surface area contributed by atoms with Gasteiger partial charge in [0.2, 0.25) is 5.91 Å². The molecular weight excluding hydrogens is 335 g/mol. The number of hydrogen-bond donors (Lipinski definition) is 2. The maximum absolute atomic E-state index is 12.0. The summed E-state index contributed by atoms with van der Waals surface area (Å²) in [5, 5.41) is 2.92. The second-order valence-corrected chi connectivity index (χ2v) is 6.30. The Morgan fingerprint density at radius 2 is 2.00 bits per heavy atom. The van der Waals surface area contributed by atoms with Gasteiger partial charge < -0.3 is 15.6 Å². The van der Waals surface area contributed by atoms with E-state index in [2.05, 4.69) is 16.0 Å². The van der Waals surface area contributed by atoms with Gasteiger partial charge in [0.1, 0.15) is 5.82 Å². The molecule has 4 rings (SSSR count). The molecule has 1 aromatic carbocycles. The molecule has 2 heterocycles. The van der Waals surface area contributed by atoms with Crippen LogP contribution >= 0.6 is 24.8 Å². The van der Waals surface area contributed by atoms with Gasteiger partial charge in [-0.05, 0) is 43.9 Å². The molecule has 1 fully saturated rings. The molecule has 3 N–H and O–H groups in total. The zero-order valence-electron chi connectivity index (χ0n) is 12.9. The van der Waals surface area contributed by atoms with E-state index < -0.39 is 5.54 Å². The second-order valence-electron chi connectivity index (χ2n) is 6.30. The van der Waals surface area contributed by atoms with Crippen molar-refractivity contribution in [1.82, 2.24) is 9.55 Å². The average molecular weight is 357 g/mol. The van der Waals surface area contributed by atoms with Gasteiger partial charge in [-0.25, -0.2) is 4.98 Å². The number of carbonyl (C=O) groups is 1. The fraction of sp³-hybridized carbons (Fsp3) is 0.500. The van der Waals surface area contributed by atoms with Crippen LogP contribution in [0.25, 0.3) is 11.0 Å². The van der Waals surface area contributed by atoms with Crippen LogP contribution in [0, 0.1) is 0 Å². The number of aryl methyl sites for hydroxylation is 2. The number of rotatable bonds is 2. The van der Waals surface area contributed by atoms with E-state index in [0.29, 0.717) is 0 Å². The van der Waals surface area contributed by atoms with Crippen LogP contribution in [0.5, 0.6) is 0 Å². The topological polar surface area (TPSA) is 72.9 Å². The lowest BCUT2D eigenvalue weighted by Gasteiger charge is -2.10. The van der Waals surface area contributed by atoms with Gasteiger partial charge in [0.25, 0.3) is 0 Å². The van der Waals surface area contributed by atoms with Gasteiger partial charge in [0.15, 0.2) is 0 Å². The number of hydrogen-bond acceptors (Lipinski definition) is 3. The van der Waals surface area contributed by atoms with Crippen molar-refractivity contribution in [1.29, 1.82) is 0 Å². The standard InChI is InChI=1S/C16H20N4O.2ClH/c17-16(7-8-16)15(21)18-11-5-6-13-12(10-11)19-14-4-2-1-3-9-20(13)14;;/h5-6,10H,1-4,7-9,17H2,(H,18,21);2*1H. The number of fused-ring (bicyclic) bond motifs is 3. The number of imidazole rings is 1. The molecule has 1 aromatic heterocycles. The number of benzene rings is 1. The van der Waals surface area contributed by atoms with Crippen molar-refractivity contribution in [2.45, 2.75) is 50.6 Å². The molecule has 0 spiro atoms. The molecule has 0 radical (unpaired) electrons. The van der Waals surface area contributed by atoms with E-state index in [1.54, 1.807) is 0 Å². The van der Waals surface area contributed by atoms with Gasteiger partial charge in [0.05, 0.1) is 16.6 Å². The summed E-state index contributed by atoms with van der Waals surface area (Å²) in [7, 11) is 0. The summed E-state index contributed by atoms with van der Waals surface area (Å²) in [6, 6.07) is 5.97. The fourth-order valence-corrected chi connectivity index (χ4v) is 3.04. The largest absolute Gasteiger partial charge is 0.328 e. The normalized spacial score (nSPS) is 18.1. The third-order valence-corrected chi connectivity index (χ3v) is 4.61. The molecule has 2 aromatic rings. The van der Waals surface area contributed by atoms with Crippen LogP contribution in [-0.4, -0.2) is 21.0 Å². The first-order valence-electron chi connectivity index (χ1n) is 7.75. The molecule has 1 saturated carbocycles. The number of nitrogens with two attached hydrogens (primary N) is 1. The number of anilines is 1. The van der Waals surface area contributed by atoms with E-state index >= 15 is 0 Å². The Balaban J connectivity index is 0.000000960. The quantitative estimate of drug-likeness (QED) is 0.868. The number of aromatic nitrogens is 2. The fourth-order valence-electron chi connectivity index (χ4n) is 3.04. The molecule has 7 heteroatoms. The van der Waals surface area contributed by atoms with Gasteiger partial charge >= 0.3 is 0 Å². The summed E-state index contributed by atoms with van der Waals surface area (Å²) >= 11 is 0. The van der Waals surface area contributed by atoms with Gasteiger partial charge in [-0.15, -0.1) is 24.8 Å². The summed E-state index contributed by atoms with van der Waals surface area (Å²) in [6.07, 6.45) is 6.30. The minimum atomic E-state index is -0.639. The van der Waals surface area contributed by atoms with E-state index in [1.807, 2.05) is 12.1 Å². The lowest BCUT2D eigenvalue weighted by atomic mass is 10.2. The predicted molar refractivity (Wildman–Crippen MR) is 96.6 cm³/mol. The van der Waals surface area contributed by atoms with E-state index in [1.165, 1.54) is 30.6 Å². The minimum Gasteiger partial charge on any atom is -0.328 e. The van der Waals surface area contributed by atoms with Crippen molar-refractivity contribution in [2.24, 2.45) is 5.73 Å². The molecule has 1 aliphatic carbocycles. The SMILES string of the molecule is Cl.Cl.NC1(C(=O)Nc2ccc3c(c2)nc2n3CCCCC2)CC1. The molecule has 23 heavy (non-hydrogen) atoms. The summed E-state index contributed by atoms with van der Waals surface area (Å²) < 4.78 is 2.32. The first-order valence-corrected chi connectivity index (χ1v) is 7.75. The van der Waals surface area contributed by atoms with Gasteiger partial charge in [-0.2, -0.15) is 0 Å². The molecule has 0 bridgehead atoms. The predicted octanol–water partition coefficient (Wildman–Crippen LogP) is 3.04. The minimum absolute atomic E-state index is 0. The number of halogens is 2. The molecule has 1 amide bonds. The average Bonchev–Trinajstić information content (AvgIpc) is 3.19. The second kappa shape index (κ2) is 6.67. The Kier molecular flexibility index (Phi) is 5.23. The van der Waals surface area contributed by atoms with Crippen molar-refractivity contribution in [3.05, 3.63) is 24.0 Å². The van der Waals surface area contributed by atoms with Gasteiger partial charge in [0, 0.05) is 18.7 Å². The first-order chi connectivity index (χ1) is 10.2. The maximum Gasteiger partial charge on any atom is 0.244 e. The highest BCUT2D eigenvalue weighted by atomic mass is 35.5. The van der Waals surface area contributed by atoms with Crippen molar-refractivity contribution < 1.29 is 4.79 Å². The Labute approximate surface area is 147 Å². The number of nitrogens with one attached hydrogen (secondary N) is 1. The molecule has 0 saturated heterocycles. The van der Waals surface area contributed by atoms with Crippen LogP contribution in [0.1, 0.15) is 37.9 Å². The zero-order valence-corrected chi connectivity index (χ0v) is 14.5. The van der Waals surface area contributed by atoms with E-state index in [-0.39, 0.29) is 30.7 Å². The van der Waals surface area contributed by atoms with Crippen molar-refractivity contribution >= 4 is 47.4 Å². The maximum atomic E-state index is 12.0. The summed E-state index contributed by atoms with van der Waals surface area (Å²) in [4.78, 5) is 16.8. The first kappa shape index (κ1) is 18.0. The molecule has 1 aliphatic heterocycles. The summed E-state index contributed by atoms with van der Waals surface area (Å²) in [5.41, 5.74) is 8.20. The van der Waals surface area contributed by atoms with Crippen LogP contribution in [0.4, 0.5) is 5.69 Å². The van der Waals surface area contributed by atoms with E-state index in [0.717, 1.165) is 37.0 Å². The molecule has 0 unspecified atom stereocenters. The summed E-state index contributed by atoms with van der Waals surface area (Å²) in [6.45, 7) is 1.05. The van der Waals surface area contributed by atoms with Crippen LogP contribution in [0.15, 0.2) is 18.2 Å². The monoisotopic (exact) mass is 356 g/mol. The van der Waals surface area contributed by atoms with Crippen molar-refractivity contribution in [2.75, 3.05) is 5.32 Å².